The Hall–Kier alpha value is -4.42. The molecule has 0 atom stereocenters. The fourth-order valence-electron chi connectivity index (χ4n) is 7.52. The third-order valence-electron chi connectivity index (χ3n) is 9.44. The van der Waals surface area contributed by atoms with E-state index in [1.165, 1.54) is 103 Å². The number of hydrogen-bond acceptors (Lipinski definition) is 0. The third-order valence-corrected chi connectivity index (χ3v) is 9.44. The molecule has 0 saturated heterocycles. The van der Waals surface area contributed by atoms with Gasteiger partial charge < -0.3 is 0 Å². The number of fused-ring (bicyclic) bond motifs is 3. The lowest BCUT2D eigenvalue weighted by atomic mass is 9.79. The van der Waals surface area contributed by atoms with Gasteiger partial charge >= 0.3 is 0 Å². The highest BCUT2D eigenvalue weighted by Gasteiger charge is 2.21. The number of allylic oxidation sites excluding steroid dienone is 3. The van der Waals surface area contributed by atoms with Gasteiger partial charge in [0.15, 0.2) is 0 Å². The van der Waals surface area contributed by atoms with Gasteiger partial charge in [0.25, 0.3) is 0 Å². The zero-order valence-corrected chi connectivity index (χ0v) is 24.8. The molecule has 0 aromatic heterocycles. The summed E-state index contributed by atoms with van der Waals surface area (Å²) < 4.78 is 0. The Morgan fingerprint density at radius 1 is 0.595 bits per heavy atom. The SMILES string of the molecule is C=C(C)/C(=C\C)c1ccc(-c2c3ccccc3c(-c3ccc(C4CCCCC4)c4ccccc34)c3ccccc23)cc1. The molecule has 0 N–H and O–H groups in total. The maximum absolute atomic E-state index is 4.19. The average molecular weight is 543 g/mol. The Balaban J connectivity index is 1.49. The van der Waals surface area contributed by atoms with Crippen LogP contribution in [0.3, 0.4) is 0 Å². The Morgan fingerprint density at radius 2 is 1.12 bits per heavy atom. The summed E-state index contributed by atoms with van der Waals surface area (Å²) in [6.07, 6.45) is 8.85. The van der Waals surface area contributed by atoms with Crippen LogP contribution in [0.15, 0.2) is 127 Å². The van der Waals surface area contributed by atoms with Gasteiger partial charge in [0.1, 0.15) is 0 Å². The van der Waals surface area contributed by atoms with Gasteiger partial charge in [0, 0.05) is 0 Å². The molecule has 0 heterocycles. The Morgan fingerprint density at radius 3 is 1.67 bits per heavy atom. The molecule has 1 fully saturated rings. The van der Waals surface area contributed by atoms with Crippen LogP contribution >= 0.6 is 0 Å². The van der Waals surface area contributed by atoms with E-state index in [2.05, 4.69) is 136 Å². The van der Waals surface area contributed by atoms with Crippen molar-refractivity contribution in [3.05, 3.63) is 139 Å². The van der Waals surface area contributed by atoms with Crippen LogP contribution < -0.4 is 0 Å². The molecule has 6 aromatic carbocycles. The topological polar surface area (TPSA) is 0 Å². The minimum Gasteiger partial charge on any atom is -0.0955 e. The van der Waals surface area contributed by atoms with Gasteiger partial charge in [-0.1, -0.05) is 147 Å². The van der Waals surface area contributed by atoms with E-state index in [4.69, 9.17) is 0 Å². The molecule has 0 radical (unpaired) electrons. The van der Waals surface area contributed by atoms with Crippen LogP contribution in [-0.4, -0.2) is 0 Å². The lowest BCUT2D eigenvalue weighted by Gasteiger charge is -2.25. The first-order valence-electron chi connectivity index (χ1n) is 15.5. The Bertz CT molecular complexity index is 1920. The quantitative estimate of drug-likeness (QED) is 0.150. The number of hydrogen-bond donors (Lipinski definition) is 0. The monoisotopic (exact) mass is 542 g/mol. The summed E-state index contributed by atoms with van der Waals surface area (Å²) in [4.78, 5) is 0. The highest BCUT2D eigenvalue weighted by Crippen LogP contribution is 2.47. The normalized spacial score (nSPS) is 14.6. The number of benzene rings is 6. The molecule has 0 nitrogen and oxygen atoms in total. The molecule has 206 valence electrons. The standard InChI is InChI=1S/C42H38/c1-4-32(28(2)3)30-22-24-31(25-23-30)41-36-18-10-12-20-38(36)42(39-21-13-11-19-37(39)41)40-27-26-33(29-14-6-5-7-15-29)34-16-8-9-17-35(34)40/h4,8-13,16-27,29H,2,5-7,14-15H2,1,3H3/b32-4+. The van der Waals surface area contributed by atoms with Crippen LogP contribution in [0.1, 0.15) is 63.0 Å². The molecule has 0 bridgehead atoms. The van der Waals surface area contributed by atoms with Gasteiger partial charge in [-0.25, -0.2) is 0 Å². The molecule has 1 aliphatic rings. The maximum atomic E-state index is 4.19. The smallest absolute Gasteiger partial charge is 0.00201 e. The van der Waals surface area contributed by atoms with Crippen molar-refractivity contribution in [3.8, 4) is 22.3 Å². The fourth-order valence-corrected chi connectivity index (χ4v) is 7.52. The summed E-state index contributed by atoms with van der Waals surface area (Å²) in [5, 5.41) is 8.00. The zero-order chi connectivity index (χ0) is 28.6. The Labute approximate surface area is 250 Å². The van der Waals surface area contributed by atoms with Gasteiger partial charge in [-0.05, 0) is 104 Å². The molecule has 1 aliphatic carbocycles. The summed E-state index contributed by atoms with van der Waals surface area (Å²) in [5.41, 5.74) is 10.3. The highest BCUT2D eigenvalue weighted by atomic mass is 14.3. The third kappa shape index (κ3) is 4.47. The largest absolute Gasteiger partial charge is 0.0955 e. The van der Waals surface area contributed by atoms with Crippen molar-refractivity contribution in [2.24, 2.45) is 0 Å². The predicted molar refractivity (Wildman–Crippen MR) is 184 cm³/mol. The fraction of sp³-hybridized carbons (Fsp3) is 0.190. The molecule has 0 heteroatoms. The van der Waals surface area contributed by atoms with E-state index in [1.807, 2.05) is 0 Å². The summed E-state index contributed by atoms with van der Waals surface area (Å²) in [6, 6.07) is 41.0. The summed E-state index contributed by atoms with van der Waals surface area (Å²) in [7, 11) is 0. The van der Waals surface area contributed by atoms with Crippen molar-refractivity contribution in [2.75, 3.05) is 0 Å². The van der Waals surface area contributed by atoms with Gasteiger partial charge in [-0.3, -0.25) is 0 Å². The van der Waals surface area contributed by atoms with Crippen LogP contribution in [0.5, 0.6) is 0 Å². The predicted octanol–water partition coefficient (Wildman–Crippen LogP) is 12.5. The first-order valence-corrected chi connectivity index (χ1v) is 15.5. The molecule has 0 amide bonds. The molecule has 0 unspecified atom stereocenters. The molecule has 7 rings (SSSR count). The molecule has 6 aromatic rings. The first-order chi connectivity index (χ1) is 20.7. The molecular weight excluding hydrogens is 504 g/mol. The van der Waals surface area contributed by atoms with Crippen molar-refractivity contribution in [2.45, 2.75) is 51.9 Å². The zero-order valence-electron chi connectivity index (χ0n) is 24.8. The second-order valence-corrected chi connectivity index (χ2v) is 12.0. The molecular formula is C42H38. The van der Waals surface area contributed by atoms with E-state index < -0.39 is 0 Å². The van der Waals surface area contributed by atoms with E-state index in [0.717, 1.165) is 5.57 Å². The van der Waals surface area contributed by atoms with Crippen molar-refractivity contribution in [1.29, 1.82) is 0 Å². The van der Waals surface area contributed by atoms with Gasteiger partial charge in [0.05, 0.1) is 0 Å². The van der Waals surface area contributed by atoms with E-state index in [-0.39, 0.29) is 0 Å². The van der Waals surface area contributed by atoms with Crippen molar-refractivity contribution >= 4 is 37.9 Å². The second-order valence-electron chi connectivity index (χ2n) is 12.0. The van der Waals surface area contributed by atoms with Gasteiger partial charge in [-0.2, -0.15) is 0 Å². The molecule has 42 heavy (non-hydrogen) atoms. The lowest BCUT2D eigenvalue weighted by Crippen LogP contribution is -2.05. The van der Waals surface area contributed by atoms with E-state index in [0.29, 0.717) is 5.92 Å². The first kappa shape index (κ1) is 26.5. The Kier molecular flexibility index (Phi) is 7.00. The van der Waals surface area contributed by atoms with Gasteiger partial charge in [0.2, 0.25) is 0 Å². The van der Waals surface area contributed by atoms with E-state index in [1.54, 1.807) is 0 Å². The van der Waals surface area contributed by atoms with Crippen LogP contribution in [0.2, 0.25) is 0 Å². The van der Waals surface area contributed by atoms with E-state index >= 15 is 0 Å². The van der Waals surface area contributed by atoms with Gasteiger partial charge in [-0.15, -0.1) is 0 Å². The second kappa shape index (κ2) is 11.1. The van der Waals surface area contributed by atoms with Crippen molar-refractivity contribution < 1.29 is 0 Å². The van der Waals surface area contributed by atoms with Crippen molar-refractivity contribution in [1.82, 2.24) is 0 Å². The minimum atomic E-state index is 0.671. The lowest BCUT2D eigenvalue weighted by molar-refractivity contribution is 0.445. The molecule has 0 spiro atoms. The summed E-state index contributed by atoms with van der Waals surface area (Å²) >= 11 is 0. The van der Waals surface area contributed by atoms with Crippen LogP contribution in [-0.2, 0) is 0 Å². The van der Waals surface area contributed by atoms with Crippen molar-refractivity contribution in [3.63, 3.8) is 0 Å². The maximum Gasteiger partial charge on any atom is -0.00201 e. The van der Waals surface area contributed by atoms with Crippen LogP contribution in [0.4, 0.5) is 0 Å². The summed E-state index contributed by atoms with van der Waals surface area (Å²) in [6.45, 7) is 8.35. The van der Waals surface area contributed by atoms with Crippen LogP contribution in [0, 0.1) is 0 Å². The average Bonchev–Trinajstić information content (AvgIpc) is 3.04. The van der Waals surface area contributed by atoms with E-state index in [9.17, 15) is 0 Å². The highest BCUT2D eigenvalue weighted by molar-refractivity contribution is 6.23. The minimum absolute atomic E-state index is 0.671. The van der Waals surface area contributed by atoms with Crippen LogP contribution in [0.25, 0.3) is 60.1 Å². The summed E-state index contributed by atoms with van der Waals surface area (Å²) in [5.74, 6) is 0.671. The number of rotatable bonds is 5. The molecule has 0 aliphatic heterocycles. The molecule has 1 saturated carbocycles.